The summed E-state index contributed by atoms with van der Waals surface area (Å²) in [6.07, 6.45) is 3.83. The number of carbonyl (C=O) groups is 2. The number of hydrogen-bond acceptors (Lipinski definition) is 5. The molecule has 1 aliphatic carbocycles. The van der Waals surface area contributed by atoms with Crippen molar-refractivity contribution in [3.05, 3.63) is 64.7 Å². The van der Waals surface area contributed by atoms with Gasteiger partial charge in [0.15, 0.2) is 0 Å². The highest BCUT2D eigenvalue weighted by Crippen LogP contribution is 2.44. The summed E-state index contributed by atoms with van der Waals surface area (Å²) >= 11 is 0. The lowest BCUT2D eigenvalue weighted by atomic mass is 9.94. The van der Waals surface area contributed by atoms with E-state index < -0.39 is 17.7 Å². The molecule has 1 saturated carbocycles. The lowest BCUT2D eigenvalue weighted by molar-refractivity contribution is -0.141. The van der Waals surface area contributed by atoms with Crippen LogP contribution in [0.4, 0.5) is 5.69 Å². The van der Waals surface area contributed by atoms with E-state index in [9.17, 15) is 14.7 Å². The summed E-state index contributed by atoms with van der Waals surface area (Å²) < 4.78 is 5.87. The van der Waals surface area contributed by atoms with Gasteiger partial charge < -0.3 is 19.6 Å². The second kappa shape index (κ2) is 10.1. The van der Waals surface area contributed by atoms with Gasteiger partial charge in [0, 0.05) is 31.4 Å². The average molecular weight is 477 g/mol. The maximum atomic E-state index is 13.3. The molecule has 35 heavy (non-hydrogen) atoms. The first-order chi connectivity index (χ1) is 16.7. The molecule has 1 amide bonds. The van der Waals surface area contributed by atoms with E-state index >= 15 is 0 Å². The van der Waals surface area contributed by atoms with Gasteiger partial charge in [0.05, 0.1) is 18.2 Å². The summed E-state index contributed by atoms with van der Waals surface area (Å²) in [4.78, 5) is 30.3. The van der Waals surface area contributed by atoms with Gasteiger partial charge in [-0.05, 0) is 67.1 Å². The van der Waals surface area contributed by atoms with Crippen LogP contribution in [0.2, 0.25) is 0 Å². The highest BCUT2D eigenvalue weighted by Gasteiger charge is 2.49. The van der Waals surface area contributed by atoms with E-state index in [1.54, 1.807) is 11.0 Å². The van der Waals surface area contributed by atoms with E-state index in [1.165, 1.54) is 0 Å². The van der Waals surface area contributed by atoms with Crippen LogP contribution in [0.1, 0.15) is 62.3 Å². The molecule has 6 heteroatoms. The number of aliphatic hydroxyl groups is 1. The lowest BCUT2D eigenvalue weighted by Crippen LogP contribution is -2.37. The van der Waals surface area contributed by atoms with Crippen LogP contribution in [0.15, 0.2) is 48.0 Å². The molecule has 2 aromatic rings. The molecule has 0 aromatic heterocycles. The monoisotopic (exact) mass is 476 g/mol. The Morgan fingerprint density at radius 2 is 1.74 bits per heavy atom. The fraction of sp³-hybridized carbons (Fsp3) is 0.448. The second-order valence-corrected chi connectivity index (χ2v) is 10.3. The van der Waals surface area contributed by atoms with Crippen molar-refractivity contribution in [3.63, 3.8) is 0 Å². The summed E-state index contributed by atoms with van der Waals surface area (Å²) in [5, 5.41) is 11.4. The minimum Gasteiger partial charge on any atom is -0.507 e. The molecule has 1 saturated heterocycles. The normalized spacial score (nSPS) is 20.2. The lowest BCUT2D eigenvalue weighted by Gasteiger charge is -2.31. The molecule has 0 radical (unpaired) electrons. The van der Waals surface area contributed by atoms with Crippen LogP contribution < -0.4 is 9.64 Å². The third-order valence-corrected chi connectivity index (χ3v) is 6.94. The first kappa shape index (κ1) is 24.8. The molecule has 1 heterocycles. The van der Waals surface area contributed by atoms with Crippen molar-refractivity contribution in [1.82, 2.24) is 4.90 Å². The largest absolute Gasteiger partial charge is 0.507 e. The summed E-state index contributed by atoms with van der Waals surface area (Å²) in [7, 11) is 3.94. The first-order valence-corrected chi connectivity index (χ1v) is 12.5. The number of likely N-dealkylation sites (tertiary alicyclic amines) is 1. The smallest absolute Gasteiger partial charge is 0.295 e. The van der Waals surface area contributed by atoms with Gasteiger partial charge in [0.2, 0.25) is 0 Å². The third-order valence-electron chi connectivity index (χ3n) is 6.94. The summed E-state index contributed by atoms with van der Waals surface area (Å²) in [6, 6.07) is 12.7. The Morgan fingerprint density at radius 3 is 2.31 bits per heavy atom. The summed E-state index contributed by atoms with van der Waals surface area (Å²) in [5.41, 5.74) is 3.40. The predicted octanol–water partition coefficient (Wildman–Crippen LogP) is 5.46. The molecule has 1 atom stereocenters. The van der Waals surface area contributed by atoms with Crippen LogP contribution in [-0.4, -0.2) is 48.4 Å². The molecular weight excluding hydrogens is 440 g/mol. The molecule has 0 bridgehead atoms. The fourth-order valence-corrected chi connectivity index (χ4v) is 5.06. The molecule has 1 unspecified atom stereocenters. The zero-order chi connectivity index (χ0) is 25.3. The van der Waals surface area contributed by atoms with E-state index in [1.807, 2.05) is 62.3 Å². The van der Waals surface area contributed by atoms with Crippen molar-refractivity contribution in [2.45, 2.75) is 58.5 Å². The van der Waals surface area contributed by atoms with Crippen LogP contribution in [0, 0.1) is 12.8 Å². The number of Topliss-reactive ketones (excluding diaryl/α,β-unsaturated/α-hetero) is 1. The quantitative estimate of drug-likeness (QED) is 0.326. The zero-order valence-corrected chi connectivity index (χ0v) is 21.4. The van der Waals surface area contributed by atoms with Crippen LogP contribution in [0.5, 0.6) is 5.75 Å². The van der Waals surface area contributed by atoms with Gasteiger partial charge in [-0.2, -0.15) is 0 Å². The van der Waals surface area contributed by atoms with Crippen molar-refractivity contribution in [2.75, 3.05) is 25.6 Å². The molecule has 1 N–H and O–H groups in total. The Bertz CT molecular complexity index is 1130. The minimum absolute atomic E-state index is 0.00354. The topological polar surface area (TPSA) is 70.1 Å². The number of ether oxygens (including phenoxy) is 1. The number of aryl methyl sites for hydroxylation is 1. The molecule has 6 nitrogen and oxygen atoms in total. The summed E-state index contributed by atoms with van der Waals surface area (Å²) in [5.74, 6) is -0.128. The van der Waals surface area contributed by atoms with E-state index in [0.29, 0.717) is 18.1 Å². The number of carbonyl (C=O) groups excluding carboxylic acids is 2. The number of amides is 1. The van der Waals surface area contributed by atoms with Crippen molar-refractivity contribution >= 4 is 23.1 Å². The van der Waals surface area contributed by atoms with Crippen LogP contribution in [0.25, 0.3) is 5.76 Å². The van der Waals surface area contributed by atoms with Gasteiger partial charge in [-0.15, -0.1) is 0 Å². The molecule has 2 aromatic carbocycles. The first-order valence-electron chi connectivity index (χ1n) is 12.5. The van der Waals surface area contributed by atoms with Gasteiger partial charge in [0.25, 0.3) is 11.7 Å². The highest BCUT2D eigenvalue weighted by atomic mass is 16.5. The van der Waals surface area contributed by atoms with Crippen molar-refractivity contribution < 1.29 is 19.4 Å². The van der Waals surface area contributed by atoms with Crippen LogP contribution in [-0.2, 0) is 9.59 Å². The number of ketones is 1. The standard InChI is InChI=1S/C29H36N2O4/c1-18(2)17-35-24-15-12-21(16-19(24)3)27(32)25-26(20-10-13-22(14-11-20)30(4)5)31(29(34)28(25)33)23-8-6-7-9-23/h10-16,18,23,26,32H,6-9,17H2,1-5H3/b27-25-. The minimum atomic E-state index is -0.617. The Hall–Kier alpha value is -3.28. The number of anilines is 1. The molecule has 2 fully saturated rings. The van der Waals surface area contributed by atoms with Crippen LogP contribution >= 0.6 is 0 Å². The maximum absolute atomic E-state index is 13.3. The van der Waals surface area contributed by atoms with E-state index in [0.717, 1.165) is 48.2 Å². The van der Waals surface area contributed by atoms with Gasteiger partial charge in [-0.3, -0.25) is 9.59 Å². The van der Waals surface area contributed by atoms with Gasteiger partial charge >= 0.3 is 0 Å². The Kier molecular flexibility index (Phi) is 7.20. The maximum Gasteiger partial charge on any atom is 0.295 e. The van der Waals surface area contributed by atoms with E-state index in [-0.39, 0.29) is 17.4 Å². The van der Waals surface area contributed by atoms with Crippen LogP contribution in [0.3, 0.4) is 0 Å². The van der Waals surface area contributed by atoms with E-state index in [4.69, 9.17) is 4.74 Å². The zero-order valence-electron chi connectivity index (χ0n) is 21.4. The average Bonchev–Trinajstić information content (AvgIpc) is 3.44. The van der Waals surface area contributed by atoms with Crippen molar-refractivity contribution in [3.8, 4) is 5.75 Å². The number of hydrogen-bond donors (Lipinski definition) is 1. The highest BCUT2D eigenvalue weighted by molar-refractivity contribution is 6.46. The summed E-state index contributed by atoms with van der Waals surface area (Å²) in [6.45, 7) is 6.69. The van der Waals surface area contributed by atoms with Gasteiger partial charge in [-0.25, -0.2) is 0 Å². The fourth-order valence-electron chi connectivity index (χ4n) is 5.06. The molecule has 2 aliphatic rings. The number of rotatable bonds is 7. The molecule has 186 valence electrons. The molecule has 4 rings (SSSR count). The van der Waals surface area contributed by atoms with Crippen molar-refractivity contribution in [2.24, 2.45) is 5.92 Å². The Balaban J connectivity index is 1.78. The molecule has 0 spiro atoms. The van der Waals surface area contributed by atoms with E-state index in [2.05, 4.69) is 13.8 Å². The van der Waals surface area contributed by atoms with Crippen molar-refractivity contribution in [1.29, 1.82) is 0 Å². The Labute approximate surface area is 208 Å². The van der Waals surface area contributed by atoms with Gasteiger partial charge in [0.1, 0.15) is 11.5 Å². The second-order valence-electron chi connectivity index (χ2n) is 10.3. The number of benzene rings is 2. The predicted molar refractivity (Wildman–Crippen MR) is 139 cm³/mol. The number of nitrogens with zero attached hydrogens (tertiary/aromatic N) is 2. The molecule has 1 aliphatic heterocycles. The number of aliphatic hydroxyl groups excluding tert-OH is 1. The Morgan fingerprint density at radius 1 is 1.09 bits per heavy atom. The molecular formula is C29H36N2O4. The third kappa shape index (κ3) is 4.93. The SMILES string of the molecule is Cc1cc(/C(O)=C2/C(=O)C(=O)N(C3CCCC3)C2c2ccc(N(C)C)cc2)ccc1OCC(C)C. The van der Waals surface area contributed by atoms with Gasteiger partial charge in [-0.1, -0.05) is 38.8 Å².